The number of ketones is 1. The third kappa shape index (κ3) is 5.21. The minimum absolute atomic E-state index is 0.00661. The zero-order valence-electron chi connectivity index (χ0n) is 13.5. The second kappa shape index (κ2) is 8.49. The number of Topliss-reactive ketones (excluding diaryl/α,β-unsaturated/α-hetero) is 1. The van der Waals surface area contributed by atoms with Crippen LogP contribution >= 0.6 is 23.2 Å². The van der Waals surface area contributed by atoms with E-state index in [0.29, 0.717) is 41.5 Å². The van der Waals surface area contributed by atoms with Crippen molar-refractivity contribution < 1.29 is 14.4 Å². The van der Waals surface area contributed by atoms with E-state index in [9.17, 15) is 14.4 Å². The lowest BCUT2D eigenvalue weighted by molar-refractivity contribution is -0.133. The third-order valence-corrected chi connectivity index (χ3v) is 4.61. The van der Waals surface area contributed by atoms with Crippen molar-refractivity contribution in [3.63, 3.8) is 0 Å². The van der Waals surface area contributed by atoms with E-state index in [4.69, 9.17) is 23.2 Å². The number of hydrogen-bond acceptors (Lipinski definition) is 3. The van der Waals surface area contributed by atoms with Crippen molar-refractivity contribution >= 4 is 40.8 Å². The summed E-state index contributed by atoms with van der Waals surface area (Å²) in [7, 11) is 0. The largest absolute Gasteiger partial charge is 0.349 e. The van der Waals surface area contributed by atoms with E-state index in [1.807, 2.05) is 0 Å². The number of carbonyl (C=O) groups excluding carboxylic acids is 3. The van der Waals surface area contributed by atoms with E-state index in [1.54, 1.807) is 23.1 Å². The van der Waals surface area contributed by atoms with Crippen molar-refractivity contribution in [2.24, 2.45) is 0 Å². The molecule has 0 aromatic heterocycles. The molecular weight excluding hydrogens is 351 g/mol. The number of likely N-dealkylation sites (tertiary alicyclic amines) is 1. The van der Waals surface area contributed by atoms with Crippen LogP contribution in [0, 0.1) is 0 Å². The SMILES string of the molecule is CC(=O)CCC(=O)N1CCC(NC(=O)c2cc(Cl)ccc2Cl)CC1. The Hall–Kier alpha value is -1.59. The number of amides is 2. The second-order valence-corrected chi connectivity index (χ2v) is 6.80. The molecule has 0 spiro atoms. The smallest absolute Gasteiger partial charge is 0.253 e. The standard InChI is InChI=1S/C17H20Cl2N2O3/c1-11(22)2-5-16(23)21-8-6-13(7-9-21)20-17(24)14-10-12(18)3-4-15(14)19/h3-4,10,13H,2,5-9H2,1H3,(H,20,24). The van der Waals surface area contributed by atoms with E-state index in [1.165, 1.54) is 6.92 Å². The fourth-order valence-corrected chi connectivity index (χ4v) is 3.02. The van der Waals surface area contributed by atoms with Gasteiger partial charge >= 0.3 is 0 Å². The number of benzene rings is 1. The van der Waals surface area contributed by atoms with Gasteiger partial charge in [-0.1, -0.05) is 23.2 Å². The molecule has 130 valence electrons. The molecule has 0 atom stereocenters. The minimum atomic E-state index is -0.260. The van der Waals surface area contributed by atoms with E-state index in [-0.39, 0.29) is 36.5 Å². The van der Waals surface area contributed by atoms with Crippen LogP contribution in [0.15, 0.2) is 18.2 Å². The predicted octanol–water partition coefficient (Wildman–Crippen LogP) is 3.08. The Morgan fingerprint density at radius 2 is 1.83 bits per heavy atom. The summed E-state index contributed by atoms with van der Waals surface area (Å²) in [5.74, 6) is -0.249. The Morgan fingerprint density at radius 1 is 1.17 bits per heavy atom. The van der Waals surface area contributed by atoms with Gasteiger partial charge in [-0.05, 0) is 38.0 Å². The number of halogens is 2. The van der Waals surface area contributed by atoms with Gasteiger partial charge in [0.1, 0.15) is 5.78 Å². The van der Waals surface area contributed by atoms with E-state index < -0.39 is 0 Å². The Bertz CT molecular complexity index is 641. The van der Waals surface area contributed by atoms with Gasteiger partial charge in [0.15, 0.2) is 0 Å². The molecule has 0 bridgehead atoms. The maximum absolute atomic E-state index is 12.3. The van der Waals surface area contributed by atoms with Gasteiger partial charge in [-0.15, -0.1) is 0 Å². The van der Waals surface area contributed by atoms with Crippen LogP contribution < -0.4 is 5.32 Å². The lowest BCUT2D eigenvalue weighted by Crippen LogP contribution is -2.46. The maximum Gasteiger partial charge on any atom is 0.253 e. The highest BCUT2D eigenvalue weighted by molar-refractivity contribution is 6.35. The third-order valence-electron chi connectivity index (χ3n) is 4.05. The van der Waals surface area contributed by atoms with Crippen molar-refractivity contribution in [1.82, 2.24) is 10.2 Å². The molecule has 1 aliphatic rings. The first-order valence-electron chi connectivity index (χ1n) is 7.90. The number of carbonyl (C=O) groups is 3. The summed E-state index contributed by atoms with van der Waals surface area (Å²) in [5.41, 5.74) is 0.351. The summed E-state index contributed by atoms with van der Waals surface area (Å²) < 4.78 is 0. The van der Waals surface area contributed by atoms with Crippen LogP contribution in [-0.2, 0) is 9.59 Å². The second-order valence-electron chi connectivity index (χ2n) is 5.95. The molecule has 2 rings (SSSR count). The number of hydrogen-bond donors (Lipinski definition) is 1. The van der Waals surface area contributed by atoms with Crippen LogP contribution in [0.1, 0.15) is 43.0 Å². The highest BCUT2D eigenvalue weighted by Gasteiger charge is 2.24. The summed E-state index contributed by atoms with van der Waals surface area (Å²) in [5, 5.41) is 3.75. The van der Waals surface area contributed by atoms with Crippen LogP contribution in [0.4, 0.5) is 0 Å². The zero-order valence-corrected chi connectivity index (χ0v) is 15.0. The number of piperidine rings is 1. The molecule has 0 radical (unpaired) electrons. The van der Waals surface area contributed by atoms with Crippen molar-refractivity contribution in [3.05, 3.63) is 33.8 Å². The van der Waals surface area contributed by atoms with E-state index >= 15 is 0 Å². The molecule has 24 heavy (non-hydrogen) atoms. The van der Waals surface area contributed by atoms with Crippen LogP contribution in [0.5, 0.6) is 0 Å². The highest BCUT2D eigenvalue weighted by Crippen LogP contribution is 2.21. The first-order valence-corrected chi connectivity index (χ1v) is 8.65. The van der Waals surface area contributed by atoms with E-state index in [2.05, 4.69) is 5.32 Å². The van der Waals surface area contributed by atoms with E-state index in [0.717, 1.165) is 0 Å². The summed E-state index contributed by atoms with van der Waals surface area (Å²) >= 11 is 11.9. The molecule has 2 amide bonds. The lowest BCUT2D eigenvalue weighted by atomic mass is 10.0. The number of rotatable bonds is 5. The van der Waals surface area contributed by atoms with Gasteiger partial charge in [0.05, 0.1) is 10.6 Å². The molecule has 0 unspecified atom stereocenters. The summed E-state index contributed by atoms with van der Waals surface area (Å²) in [6.07, 6.45) is 1.89. The summed E-state index contributed by atoms with van der Waals surface area (Å²) in [6.45, 7) is 2.63. The van der Waals surface area contributed by atoms with Crippen molar-refractivity contribution in [2.45, 2.75) is 38.6 Å². The Kier molecular flexibility index (Phi) is 6.63. The first-order chi connectivity index (χ1) is 11.4. The van der Waals surface area contributed by atoms with Crippen LogP contribution in [0.3, 0.4) is 0 Å². The molecule has 5 nitrogen and oxygen atoms in total. The fraction of sp³-hybridized carbons (Fsp3) is 0.471. The van der Waals surface area contributed by atoms with Crippen molar-refractivity contribution in [3.8, 4) is 0 Å². The molecule has 1 aliphatic heterocycles. The average Bonchev–Trinajstić information content (AvgIpc) is 2.55. The molecule has 1 saturated heterocycles. The van der Waals surface area contributed by atoms with Gasteiger partial charge in [-0.2, -0.15) is 0 Å². The molecular formula is C17H20Cl2N2O3. The van der Waals surface area contributed by atoms with Crippen LogP contribution in [0.2, 0.25) is 10.0 Å². The Morgan fingerprint density at radius 3 is 2.46 bits per heavy atom. The molecule has 1 aromatic carbocycles. The van der Waals surface area contributed by atoms with Gasteiger partial charge < -0.3 is 15.0 Å². The van der Waals surface area contributed by atoms with Crippen LogP contribution in [0.25, 0.3) is 0 Å². The quantitative estimate of drug-likeness (QED) is 0.865. The van der Waals surface area contributed by atoms with Crippen LogP contribution in [-0.4, -0.2) is 41.6 Å². The molecule has 1 aromatic rings. The minimum Gasteiger partial charge on any atom is -0.349 e. The maximum atomic E-state index is 12.3. The topological polar surface area (TPSA) is 66.5 Å². The summed E-state index contributed by atoms with van der Waals surface area (Å²) in [4.78, 5) is 37.0. The summed E-state index contributed by atoms with van der Waals surface area (Å²) in [6, 6.07) is 4.75. The van der Waals surface area contributed by atoms with Gasteiger partial charge in [-0.25, -0.2) is 0 Å². The molecule has 1 N–H and O–H groups in total. The zero-order chi connectivity index (χ0) is 17.7. The average molecular weight is 371 g/mol. The Labute approximate surface area is 151 Å². The molecule has 1 heterocycles. The molecule has 7 heteroatoms. The number of nitrogens with one attached hydrogen (secondary N) is 1. The van der Waals surface area contributed by atoms with Crippen molar-refractivity contribution in [2.75, 3.05) is 13.1 Å². The lowest BCUT2D eigenvalue weighted by Gasteiger charge is -2.32. The molecule has 0 saturated carbocycles. The normalized spacial score (nSPS) is 15.2. The highest BCUT2D eigenvalue weighted by atomic mass is 35.5. The van der Waals surface area contributed by atoms with Gasteiger partial charge in [0.25, 0.3) is 5.91 Å². The van der Waals surface area contributed by atoms with Crippen molar-refractivity contribution in [1.29, 1.82) is 0 Å². The number of nitrogens with zero attached hydrogens (tertiary/aromatic N) is 1. The predicted molar refractivity (Wildman–Crippen MR) is 93.4 cm³/mol. The first kappa shape index (κ1) is 18.7. The molecule has 0 aliphatic carbocycles. The molecule has 1 fully saturated rings. The van der Waals surface area contributed by atoms with Gasteiger partial charge in [0.2, 0.25) is 5.91 Å². The fourth-order valence-electron chi connectivity index (χ4n) is 2.65. The van der Waals surface area contributed by atoms with Gasteiger partial charge in [0, 0.05) is 37.0 Å². The van der Waals surface area contributed by atoms with Gasteiger partial charge in [-0.3, -0.25) is 9.59 Å². The monoisotopic (exact) mass is 370 g/mol. The Balaban J connectivity index is 1.84.